The van der Waals surface area contributed by atoms with E-state index in [4.69, 9.17) is 4.74 Å². The molecule has 0 bridgehead atoms. The van der Waals surface area contributed by atoms with Gasteiger partial charge in [-0.05, 0) is 29.9 Å². The molecule has 1 aromatic rings. The highest BCUT2D eigenvalue weighted by Crippen LogP contribution is 2.29. The van der Waals surface area contributed by atoms with Gasteiger partial charge in [0.05, 0.1) is 12.1 Å². The molecule has 0 aromatic heterocycles. The van der Waals surface area contributed by atoms with Gasteiger partial charge < -0.3 is 9.64 Å². The van der Waals surface area contributed by atoms with Gasteiger partial charge in [-0.2, -0.15) is 0 Å². The van der Waals surface area contributed by atoms with Crippen LogP contribution in [0.25, 0.3) is 5.57 Å². The number of benzene rings is 1. The quantitative estimate of drug-likeness (QED) is 0.822. The molecule has 3 heterocycles. The van der Waals surface area contributed by atoms with Crippen molar-refractivity contribution in [1.29, 1.82) is 0 Å². The molecule has 6 nitrogen and oxygen atoms in total. The van der Waals surface area contributed by atoms with Crippen LogP contribution in [0.2, 0.25) is 0 Å². The van der Waals surface area contributed by atoms with Crippen LogP contribution in [0.4, 0.5) is 0 Å². The van der Waals surface area contributed by atoms with E-state index in [1.807, 2.05) is 12.1 Å². The molecule has 3 aliphatic rings. The van der Waals surface area contributed by atoms with Gasteiger partial charge in [-0.15, -0.1) is 4.40 Å². The first-order valence-electron chi connectivity index (χ1n) is 8.14. The predicted octanol–water partition coefficient (Wildman–Crippen LogP) is 2.01. The van der Waals surface area contributed by atoms with Gasteiger partial charge in [0.15, 0.2) is 5.84 Å². The van der Waals surface area contributed by atoms with E-state index in [9.17, 15) is 8.42 Å². The third-order valence-corrected chi connectivity index (χ3v) is 5.80. The van der Waals surface area contributed by atoms with Crippen LogP contribution < -0.4 is 0 Å². The number of aliphatic imine (C=N–C) groups is 1. The minimum absolute atomic E-state index is 0.0263. The number of fused-ring (bicyclic) bond motifs is 1. The number of rotatable bonds is 2. The third-order valence-electron chi connectivity index (χ3n) is 4.65. The molecule has 0 spiro atoms. The van der Waals surface area contributed by atoms with Crippen LogP contribution in [-0.2, 0) is 14.8 Å². The van der Waals surface area contributed by atoms with E-state index in [1.165, 1.54) is 5.56 Å². The first kappa shape index (κ1) is 15.5. The van der Waals surface area contributed by atoms with Crippen LogP contribution >= 0.6 is 0 Å². The van der Waals surface area contributed by atoms with E-state index in [1.54, 1.807) is 17.4 Å². The predicted molar refractivity (Wildman–Crippen MR) is 93.6 cm³/mol. The Labute approximate surface area is 141 Å². The molecule has 3 aliphatic heterocycles. The Kier molecular flexibility index (Phi) is 3.97. The molecule has 4 rings (SSSR count). The van der Waals surface area contributed by atoms with Gasteiger partial charge in [0.2, 0.25) is 0 Å². The first-order valence-corrected chi connectivity index (χ1v) is 9.74. The summed E-state index contributed by atoms with van der Waals surface area (Å²) in [7, 11) is -3.39. The lowest BCUT2D eigenvalue weighted by atomic mass is 9.90. The highest BCUT2D eigenvalue weighted by atomic mass is 32.2. The second kappa shape index (κ2) is 6.14. The average molecular weight is 345 g/mol. The normalized spacial score (nSPS) is 23.4. The summed E-state index contributed by atoms with van der Waals surface area (Å²) in [5, 5.41) is 0. The SMILES string of the molecule is O=S1(=O)CCN2C=NC=C(c3ccc(C4CCOCC4)cc3)C2=N1. The Balaban J connectivity index is 1.64. The lowest BCUT2D eigenvalue weighted by molar-refractivity contribution is 0.0853. The minimum atomic E-state index is -3.39. The summed E-state index contributed by atoms with van der Waals surface area (Å²) in [6.07, 6.45) is 5.41. The number of sulfonamides is 1. The van der Waals surface area contributed by atoms with E-state index in [0.717, 1.165) is 37.2 Å². The zero-order valence-electron chi connectivity index (χ0n) is 13.3. The summed E-state index contributed by atoms with van der Waals surface area (Å²) >= 11 is 0. The van der Waals surface area contributed by atoms with Crippen molar-refractivity contribution in [3.8, 4) is 0 Å². The molecule has 1 aromatic carbocycles. The second-order valence-electron chi connectivity index (χ2n) is 6.21. The molecule has 126 valence electrons. The topological polar surface area (TPSA) is 71.3 Å². The monoisotopic (exact) mass is 345 g/mol. The van der Waals surface area contributed by atoms with Crippen molar-refractivity contribution in [3.05, 3.63) is 41.6 Å². The molecule has 0 unspecified atom stereocenters. The molecule has 0 aliphatic carbocycles. The van der Waals surface area contributed by atoms with Crippen molar-refractivity contribution in [3.63, 3.8) is 0 Å². The highest BCUT2D eigenvalue weighted by Gasteiger charge is 2.28. The molecule has 0 atom stereocenters. The Hall–Kier alpha value is -1.99. The molecule has 1 fully saturated rings. The molecular weight excluding hydrogens is 326 g/mol. The Morgan fingerprint density at radius 2 is 1.88 bits per heavy atom. The van der Waals surface area contributed by atoms with Crippen LogP contribution in [0.15, 0.2) is 39.9 Å². The van der Waals surface area contributed by atoms with Crippen LogP contribution in [0.1, 0.15) is 29.9 Å². The Morgan fingerprint density at radius 1 is 1.12 bits per heavy atom. The number of hydrogen-bond acceptors (Lipinski definition) is 5. The summed E-state index contributed by atoms with van der Waals surface area (Å²) < 4.78 is 33.1. The maximum atomic E-state index is 11.8. The van der Waals surface area contributed by atoms with E-state index >= 15 is 0 Å². The van der Waals surface area contributed by atoms with Crippen LogP contribution in [0.3, 0.4) is 0 Å². The molecule has 0 N–H and O–H groups in total. The molecule has 0 amide bonds. The number of hydrogen-bond donors (Lipinski definition) is 0. The summed E-state index contributed by atoms with van der Waals surface area (Å²) in [5.41, 5.74) is 2.99. The number of nitrogens with zero attached hydrogens (tertiary/aromatic N) is 3. The average Bonchev–Trinajstić information content (AvgIpc) is 2.61. The smallest absolute Gasteiger partial charge is 0.256 e. The van der Waals surface area contributed by atoms with E-state index < -0.39 is 10.0 Å². The number of amidine groups is 1. The number of ether oxygens (including phenoxy) is 1. The van der Waals surface area contributed by atoms with E-state index in [0.29, 0.717) is 18.3 Å². The molecule has 7 heteroatoms. The second-order valence-corrected chi connectivity index (χ2v) is 7.96. The van der Waals surface area contributed by atoms with Crippen molar-refractivity contribution in [2.24, 2.45) is 9.39 Å². The standard InChI is InChI=1S/C17H19N3O3S/c21-24(22)10-7-20-12-18-11-16(17(20)19-24)15-3-1-13(2-4-15)14-5-8-23-9-6-14/h1-4,11-12,14H,5-10H2. The van der Waals surface area contributed by atoms with E-state index in [2.05, 4.69) is 21.5 Å². The Morgan fingerprint density at radius 3 is 2.62 bits per heavy atom. The van der Waals surface area contributed by atoms with Crippen LogP contribution in [0.5, 0.6) is 0 Å². The van der Waals surface area contributed by atoms with Gasteiger partial charge in [0.25, 0.3) is 10.0 Å². The first-order chi connectivity index (χ1) is 11.6. The lowest BCUT2D eigenvalue weighted by Gasteiger charge is -2.28. The maximum Gasteiger partial charge on any atom is 0.256 e. The molecule has 24 heavy (non-hydrogen) atoms. The zero-order chi connectivity index (χ0) is 16.6. The maximum absolute atomic E-state index is 11.8. The highest BCUT2D eigenvalue weighted by molar-refractivity contribution is 7.90. The molecule has 0 saturated carbocycles. The van der Waals surface area contributed by atoms with Gasteiger partial charge in [0, 0.05) is 31.5 Å². The third kappa shape index (κ3) is 3.01. The summed E-state index contributed by atoms with van der Waals surface area (Å²) in [6.45, 7) is 2.02. The van der Waals surface area contributed by atoms with Gasteiger partial charge in [-0.3, -0.25) is 0 Å². The van der Waals surface area contributed by atoms with Crippen LogP contribution in [-0.4, -0.2) is 51.0 Å². The molecule has 0 radical (unpaired) electrons. The zero-order valence-corrected chi connectivity index (χ0v) is 14.1. The summed E-state index contributed by atoms with van der Waals surface area (Å²) in [6, 6.07) is 8.29. The van der Waals surface area contributed by atoms with Crippen molar-refractivity contribution < 1.29 is 13.2 Å². The van der Waals surface area contributed by atoms with Gasteiger partial charge in [0.1, 0.15) is 0 Å². The van der Waals surface area contributed by atoms with Crippen molar-refractivity contribution >= 4 is 27.8 Å². The van der Waals surface area contributed by atoms with Crippen molar-refractivity contribution in [2.45, 2.75) is 18.8 Å². The fourth-order valence-electron chi connectivity index (χ4n) is 3.28. The van der Waals surface area contributed by atoms with Gasteiger partial charge in [-0.1, -0.05) is 24.3 Å². The van der Waals surface area contributed by atoms with Crippen LogP contribution in [0, 0.1) is 0 Å². The summed E-state index contributed by atoms with van der Waals surface area (Å²) in [5.74, 6) is 1.03. The van der Waals surface area contributed by atoms with Gasteiger partial charge >= 0.3 is 0 Å². The minimum Gasteiger partial charge on any atom is -0.381 e. The Bertz CT molecular complexity index is 819. The lowest BCUT2D eigenvalue weighted by Crippen LogP contribution is -2.40. The van der Waals surface area contributed by atoms with Crippen molar-refractivity contribution in [2.75, 3.05) is 25.5 Å². The summed E-state index contributed by atoms with van der Waals surface area (Å²) in [4.78, 5) is 6.02. The fourth-order valence-corrected chi connectivity index (χ4v) is 4.27. The molecular formula is C17H19N3O3S. The van der Waals surface area contributed by atoms with Gasteiger partial charge in [-0.25, -0.2) is 13.4 Å². The molecule has 1 saturated heterocycles. The fraction of sp³-hybridized carbons (Fsp3) is 0.412. The van der Waals surface area contributed by atoms with Crippen molar-refractivity contribution in [1.82, 2.24) is 4.90 Å². The largest absolute Gasteiger partial charge is 0.381 e. The van der Waals surface area contributed by atoms with E-state index in [-0.39, 0.29) is 5.75 Å².